The number of hydrogen-bond acceptors (Lipinski definition) is 3. The zero-order valence-corrected chi connectivity index (χ0v) is 12.2. The Morgan fingerprint density at radius 2 is 2.05 bits per heavy atom. The van der Waals surface area contributed by atoms with Crippen molar-refractivity contribution in [3.05, 3.63) is 52.3 Å². The van der Waals surface area contributed by atoms with Crippen LogP contribution in [0.2, 0.25) is 0 Å². The fourth-order valence-corrected chi connectivity index (χ4v) is 2.06. The lowest BCUT2D eigenvalue weighted by Gasteiger charge is -2.09. The van der Waals surface area contributed by atoms with Crippen LogP contribution in [-0.4, -0.2) is 13.0 Å². The highest BCUT2D eigenvalue weighted by Gasteiger charge is 2.13. The number of methoxy groups -OCH3 is 1. The molecule has 0 heterocycles. The molecule has 0 unspecified atom stereocenters. The molecule has 2 rings (SSSR count). The average molecular weight is 339 g/mol. The summed E-state index contributed by atoms with van der Waals surface area (Å²) in [5.41, 5.74) is 6.27. The second kappa shape index (κ2) is 5.92. The zero-order valence-electron chi connectivity index (χ0n) is 10.6. The van der Waals surface area contributed by atoms with Crippen molar-refractivity contribution < 1.29 is 13.9 Å². The Labute approximate surface area is 123 Å². The molecule has 0 saturated heterocycles. The van der Waals surface area contributed by atoms with Gasteiger partial charge in [0.2, 0.25) is 0 Å². The molecule has 0 aliphatic heterocycles. The van der Waals surface area contributed by atoms with Crippen LogP contribution in [0, 0.1) is 5.82 Å². The normalized spacial score (nSPS) is 10.2. The first-order valence-electron chi connectivity index (χ1n) is 5.71. The summed E-state index contributed by atoms with van der Waals surface area (Å²) in [6.45, 7) is 0. The lowest BCUT2D eigenvalue weighted by atomic mass is 10.1. The van der Waals surface area contributed by atoms with E-state index >= 15 is 0 Å². The largest absolute Gasteiger partial charge is 0.495 e. The van der Waals surface area contributed by atoms with Gasteiger partial charge < -0.3 is 15.8 Å². The van der Waals surface area contributed by atoms with E-state index in [0.717, 1.165) is 10.5 Å². The van der Waals surface area contributed by atoms with Crippen LogP contribution in [0.1, 0.15) is 10.4 Å². The van der Waals surface area contributed by atoms with Crippen molar-refractivity contribution >= 4 is 33.2 Å². The lowest BCUT2D eigenvalue weighted by molar-refractivity contribution is 0.102. The first-order chi connectivity index (χ1) is 9.51. The minimum atomic E-state index is -0.624. The van der Waals surface area contributed by atoms with Crippen LogP contribution < -0.4 is 15.8 Å². The van der Waals surface area contributed by atoms with Crippen molar-refractivity contribution in [1.29, 1.82) is 0 Å². The third-order valence-corrected chi connectivity index (χ3v) is 3.30. The number of rotatable bonds is 3. The number of halogens is 2. The first kappa shape index (κ1) is 14.3. The lowest BCUT2D eigenvalue weighted by Crippen LogP contribution is -2.14. The predicted molar refractivity (Wildman–Crippen MR) is 79.5 cm³/mol. The molecule has 0 aromatic heterocycles. The Morgan fingerprint density at radius 3 is 2.75 bits per heavy atom. The number of carbonyl (C=O) groups excluding carboxylic acids is 1. The second-order valence-electron chi connectivity index (χ2n) is 4.04. The van der Waals surface area contributed by atoms with E-state index in [9.17, 15) is 9.18 Å². The molecule has 104 valence electrons. The average Bonchev–Trinajstić information content (AvgIpc) is 2.43. The number of nitrogen functional groups attached to an aromatic ring is 1. The Morgan fingerprint density at radius 1 is 1.30 bits per heavy atom. The van der Waals surface area contributed by atoms with E-state index in [4.69, 9.17) is 10.5 Å². The minimum absolute atomic E-state index is 0.105. The van der Waals surface area contributed by atoms with E-state index in [2.05, 4.69) is 21.2 Å². The molecule has 0 saturated carbocycles. The summed E-state index contributed by atoms with van der Waals surface area (Å²) in [5, 5.41) is 2.59. The number of nitrogens with two attached hydrogens (primary N) is 1. The van der Waals surface area contributed by atoms with E-state index in [1.54, 1.807) is 18.2 Å². The van der Waals surface area contributed by atoms with Gasteiger partial charge in [0.15, 0.2) is 0 Å². The number of benzene rings is 2. The van der Waals surface area contributed by atoms with Gasteiger partial charge in [-0.25, -0.2) is 4.39 Å². The summed E-state index contributed by atoms with van der Waals surface area (Å²) in [5.74, 6) is -0.629. The molecule has 0 aliphatic rings. The maximum atomic E-state index is 13.6. The van der Waals surface area contributed by atoms with Crippen LogP contribution in [0.3, 0.4) is 0 Å². The third kappa shape index (κ3) is 3.08. The predicted octanol–water partition coefficient (Wildman–Crippen LogP) is 3.43. The summed E-state index contributed by atoms with van der Waals surface area (Å²) in [7, 11) is 1.52. The van der Waals surface area contributed by atoms with E-state index in [-0.39, 0.29) is 5.56 Å². The molecule has 0 bridgehead atoms. The molecule has 0 fully saturated rings. The fraction of sp³-hybridized carbons (Fsp3) is 0.0714. The maximum absolute atomic E-state index is 13.6. The highest BCUT2D eigenvalue weighted by Crippen LogP contribution is 2.28. The van der Waals surface area contributed by atoms with Crippen molar-refractivity contribution in [3.8, 4) is 5.75 Å². The zero-order chi connectivity index (χ0) is 14.7. The molecule has 20 heavy (non-hydrogen) atoms. The quantitative estimate of drug-likeness (QED) is 0.842. The Balaban J connectivity index is 2.25. The van der Waals surface area contributed by atoms with Crippen LogP contribution in [0.25, 0.3) is 0 Å². The molecule has 3 N–H and O–H groups in total. The standard InChI is InChI=1S/C14H12BrFN2O2/c1-20-13-7-9(3-4-11(13)15)18-14(19)10-6-8(17)2-5-12(10)16/h2-7H,17H2,1H3,(H,18,19). The minimum Gasteiger partial charge on any atom is -0.495 e. The molecule has 1 amide bonds. The molecule has 2 aromatic rings. The summed E-state index contributed by atoms with van der Waals surface area (Å²) in [4.78, 5) is 12.0. The molecule has 0 radical (unpaired) electrons. The summed E-state index contributed by atoms with van der Waals surface area (Å²) < 4.78 is 19.5. The number of ether oxygens (including phenoxy) is 1. The SMILES string of the molecule is COc1cc(NC(=O)c2cc(N)ccc2F)ccc1Br. The Kier molecular flexibility index (Phi) is 4.24. The number of amides is 1. The van der Waals surface area contributed by atoms with Gasteiger partial charge in [0.05, 0.1) is 17.1 Å². The van der Waals surface area contributed by atoms with E-state index in [1.165, 1.54) is 19.2 Å². The van der Waals surface area contributed by atoms with Gasteiger partial charge in [-0.15, -0.1) is 0 Å². The van der Waals surface area contributed by atoms with Gasteiger partial charge >= 0.3 is 0 Å². The fourth-order valence-electron chi connectivity index (χ4n) is 1.65. The summed E-state index contributed by atoms with van der Waals surface area (Å²) >= 11 is 3.31. The van der Waals surface area contributed by atoms with Gasteiger partial charge in [-0.2, -0.15) is 0 Å². The van der Waals surface area contributed by atoms with Gasteiger partial charge in [-0.05, 0) is 46.3 Å². The van der Waals surface area contributed by atoms with Gasteiger partial charge in [0, 0.05) is 17.4 Å². The molecule has 4 nitrogen and oxygen atoms in total. The molecular formula is C14H12BrFN2O2. The first-order valence-corrected chi connectivity index (χ1v) is 6.50. The number of carbonyl (C=O) groups is 1. The highest BCUT2D eigenvalue weighted by atomic mass is 79.9. The van der Waals surface area contributed by atoms with Gasteiger partial charge in [0.25, 0.3) is 5.91 Å². The number of anilines is 2. The van der Waals surface area contributed by atoms with Gasteiger partial charge in [-0.1, -0.05) is 0 Å². The smallest absolute Gasteiger partial charge is 0.258 e. The summed E-state index contributed by atoms with van der Waals surface area (Å²) in [6, 6.07) is 8.88. The molecule has 6 heteroatoms. The molecule has 0 spiro atoms. The van der Waals surface area contributed by atoms with Crippen LogP contribution in [0.4, 0.5) is 15.8 Å². The van der Waals surface area contributed by atoms with Crippen LogP contribution in [-0.2, 0) is 0 Å². The number of nitrogens with one attached hydrogen (secondary N) is 1. The highest BCUT2D eigenvalue weighted by molar-refractivity contribution is 9.10. The van der Waals surface area contributed by atoms with Crippen LogP contribution in [0.15, 0.2) is 40.9 Å². The molecule has 2 aromatic carbocycles. The third-order valence-electron chi connectivity index (χ3n) is 2.64. The molecular weight excluding hydrogens is 327 g/mol. The van der Waals surface area contributed by atoms with Crippen LogP contribution >= 0.6 is 15.9 Å². The van der Waals surface area contributed by atoms with Crippen molar-refractivity contribution in [2.75, 3.05) is 18.2 Å². The van der Waals surface area contributed by atoms with Crippen molar-refractivity contribution in [2.45, 2.75) is 0 Å². The van der Waals surface area contributed by atoms with Gasteiger partial charge in [0.1, 0.15) is 11.6 Å². The van der Waals surface area contributed by atoms with E-state index in [1.807, 2.05) is 0 Å². The van der Waals surface area contributed by atoms with Crippen molar-refractivity contribution in [2.24, 2.45) is 0 Å². The van der Waals surface area contributed by atoms with Crippen molar-refractivity contribution in [3.63, 3.8) is 0 Å². The second-order valence-corrected chi connectivity index (χ2v) is 4.90. The summed E-state index contributed by atoms with van der Waals surface area (Å²) in [6.07, 6.45) is 0. The van der Waals surface area contributed by atoms with Crippen LogP contribution in [0.5, 0.6) is 5.75 Å². The molecule has 0 atom stereocenters. The van der Waals surface area contributed by atoms with Gasteiger partial charge in [-0.3, -0.25) is 4.79 Å². The monoisotopic (exact) mass is 338 g/mol. The van der Waals surface area contributed by atoms with E-state index < -0.39 is 11.7 Å². The molecule has 0 aliphatic carbocycles. The Hall–Kier alpha value is -2.08. The van der Waals surface area contributed by atoms with Crippen molar-refractivity contribution in [1.82, 2.24) is 0 Å². The Bertz CT molecular complexity index is 662. The number of hydrogen-bond donors (Lipinski definition) is 2. The van der Waals surface area contributed by atoms with E-state index in [0.29, 0.717) is 17.1 Å². The topological polar surface area (TPSA) is 64.3 Å². The maximum Gasteiger partial charge on any atom is 0.258 e.